The molecule has 1 saturated carbocycles. The highest BCUT2D eigenvalue weighted by Crippen LogP contribution is 2.34. The fourth-order valence-corrected chi connectivity index (χ4v) is 3.54. The molecule has 0 spiro atoms. The lowest BCUT2D eigenvalue weighted by Crippen LogP contribution is -2.38. The van der Waals surface area contributed by atoms with Crippen molar-refractivity contribution in [1.29, 1.82) is 0 Å². The Morgan fingerprint density at radius 3 is 2.88 bits per heavy atom. The standard InChI is InChI=1S/C20H20ClN3O/c1-14(18-4-2-3-10-22-18)24(17-7-8-17)20(25)13-23-11-9-15-5-6-16(21)12-19(15)23/h2-6,9-12,14,17H,7-8,13H2,1H3. The molecule has 1 amide bonds. The van der Waals surface area contributed by atoms with Gasteiger partial charge >= 0.3 is 0 Å². The highest BCUT2D eigenvalue weighted by Gasteiger charge is 2.36. The molecule has 1 atom stereocenters. The molecular formula is C20H20ClN3O. The second-order valence-corrected chi connectivity index (χ2v) is 7.05. The van der Waals surface area contributed by atoms with E-state index in [9.17, 15) is 4.79 Å². The maximum atomic E-state index is 13.1. The second kappa shape index (κ2) is 6.52. The predicted octanol–water partition coefficient (Wildman–Crippen LogP) is 4.44. The number of amides is 1. The molecule has 0 bridgehead atoms. The average molecular weight is 354 g/mol. The van der Waals surface area contributed by atoms with Crippen molar-refractivity contribution in [3.05, 3.63) is 65.6 Å². The second-order valence-electron chi connectivity index (χ2n) is 6.61. The Balaban J connectivity index is 1.60. The molecule has 1 fully saturated rings. The van der Waals surface area contributed by atoms with Crippen LogP contribution in [0.25, 0.3) is 10.9 Å². The van der Waals surface area contributed by atoms with E-state index < -0.39 is 0 Å². The summed E-state index contributed by atoms with van der Waals surface area (Å²) < 4.78 is 1.98. The van der Waals surface area contributed by atoms with Crippen LogP contribution in [0.2, 0.25) is 5.02 Å². The Morgan fingerprint density at radius 2 is 2.16 bits per heavy atom. The third-order valence-electron chi connectivity index (χ3n) is 4.80. The lowest BCUT2D eigenvalue weighted by molar-refractivity contribution is -0.134. The lowest BCUT2D eigenvalue weighted by atomic mass is 10.1. The molecule has 128 valence electrons. The van der Waals surface area contributed by atoms with Crippen molar-refractivity contribution in [2.24, 2.45) is 0 Å². The molecule has 1 aliphatic carbocycles. The van der Waals surface area contributed by atoms with Crippen molar-refractivity contribution in [2.75, 3.05) is 0 Å². The third-order valence-corrected chi connectivity index (χ3v) is 5.04. The van der Waals surface area contributed by atoms with E-state index >= 15 is 0 Å². The van der Waals surface area contributed by atoms with E-state index in [4.69, 9.17) is 11.6 Å². The van der Waals surface area contributed by atoms with Gasteiger partial charge in [-0.05, 0) is 55.5 Å². The topological polar surface area (TPSA) is 38.1 Å². The van der Waals surface area contributed by atoms with E-state index in [-0.39, 0.29) is 11.9 Å². The third kappa shape index (κ3) is 3.27. The van der Waals surface area contributed by atoms with Crippen LogP contribution >= 0.6 is 11.6 Å². The zero-order chi connectivity index (χ0) is 17.4. The molecule has 3 aromatic rings. The summed E-state index contributed by atoms with van der Waals surface area (Å²) in [5, 5.41) is 1.77. The van der Waals surface area contributed by atoms with Crippen molar-refractivity contribution in [3.63, 3.8) is 0 Å². The Kier molecular flexibility index (Phi) is 4.22. The minimum atomic E-state index is -0.0217. The monoisotopic (exact) mass is 353 g/mol. The number of rotatable bonds is 5. The van der Waals surface area contributed by atoms with Gasteiger partial charge in [0.2, 0.25) is 5.91 Å². The summed E-state index contributed by atoms with van der Waals surface area (Å²) in [4.78, 5) is 19.5. The number of aromatic nitrogens is 2. The van der Waals surface area contributed by atoms with Gasteiger partial charge in [-0.1, -0.05) is 23.7 Å². The zero-order valence-corrected chi connectivity index (χ0v) is 14.9. The van der Waals surface area contributed by atoms with Gasteiger partial charge in [0.1, 0.15) is 6.54 Å². The highest BCUT2D eigenvalue weighted by atomic mass is 35.5. The summed E-state index contributed by atoms with van der Waals surface area (Å²) in [5.74, 6) is 0.123. The fourth-order valence-electron chi connectivity index (χ4n) is 3.38. The van der Waals surface area contributed by atoms with Gasteiger partial charge in [-0.25, -0.2) is 0 Å². The maximum Gasteiger partial charge on any atom is 0.243 e. The summed E-state index contributed by atoms with van der Waals surface area (Å²) in [7, 11) is 0. The number of fused-ring (bicyclic) bond motifs is 1. The van der Waals surface area contributed by atoms with E-state index in [0.29, 0.717) is 17.6 Å². The normalized spacial score (nSPS) is 15.3. The summed E-state index contributed by atoms with van der Waals surface area (Å²) >= 11 is 6.12. The fraction of sp³-hybridized carbons (Fsp3) is 0.300. The van der Waals surface area contributed by atoms with Crippen LogP contribution in [0.3, 0.4) is 0 Å². The molecule has 2 aromatic heterocycles. The molecule has 25 heavy (non-hydrogen) atoms. The maximum absolute atomic E-state index is 13.1. The first-order chi connectivity index (χ1) is 12.1. The average Bonchev–Trinajstić information content (AvgIpc) is 3.38. The van der Waals surface area contributed by atoms with Crippen molar-refractivity contribution in [2.45, 2.75) is 38.4 Å². The van der Waals surface area contributed by atoms with Crippen LogP contribution in [0.1, 0.15) is 31.5 Å². The van der Waals surface area contributed by atoms with Gasteiger partial charge in [0, 0.05) is 29.0 Å². The van der Waals surface area contributed by atoms with Gasteiger partial charge in [-0.2, -0.15) is 0 Å². The molecule has 0 radical (unpaired) electrons. The molecule has 2 heterocycles. The molecular weight excluding hydrogens is 334 g/mol. The summed E-state index contributed by atoms with van der Waals surface area (Å²) in [6, 6.07) is 13.9. The summed E-state index contributed by atoms with van der Waals surface area (Å²) in [6.07, 6.45) is 5.88. The van der Waals surface area contributed by atoms with Crippen molar-refractivity contribution >= 4 is 28.4 Å². The van der Waals surface area contributed by atoms with Gasteiger partial charge in [-0.15, -0.1) is 0 Å². The largest absolute Gasteiger partial charge is 0.338 e. The number of carbonyl (C=O) groups excluding carboxylic acids is 1. The predicted molar refractivity (Wildman–Crippen MR) is 99.5 cm³/mol. The first-order valence-corrected chi connectivity index (χ1v) is 8.98. The number of carbonyl (C=O) groups is 1. The minimum absolute atomic E-state index is 0.0217. The molecule has 0 aliphatic heterocycles. The van der Waals surface area contributed by atoms with Crippen LogP contribution in [-0.2, 0) is 11.3 Å². The molecule has 4 nitrogen and oxygen atoms in total. The Morgan fingerprint density at radius 1 is 1.32 bits per heavy atom. The number of hydrogen-bond donors (Lipinski definition) is 0. The molecule has 1 unspecified atom stereocenters. The van der Waals surface area contributed by atoms with Gasteiger partial charge in [0.15, 0.2) is 0 Å². The summed E-state index contributed by atoms with van der Waals surface area (Å²) in [5.41, 5.74) is 1.92. The Labute approximate surface area is 152 Å². The van der Waals surface area contributed by atoms with Crippen LogP contribution in [-0.4, -0.2) is 26.4 Å². The quantitative estimate of drug-likeness (QED) is 0.680. The first-order valence-electron chi connectivity index (χ1n) is 8.60. The molecule has 5 heteroatoms. The first kappa shape index (κ1) is 16.2. The number of nitrogens with zero attached hydrogens (tertiary/aromatic N) is 3. The van der Waals surface area contributed by atoms with Gasteiger partial charge in [0.05, 0.1) is 11.7 Å². The lowest BCUT2D eigenvalue weighted by Gasteiger charge is -2.29. The highest BCUT2D eigenvalue weighted by molar-refractivity contribution is 6.31. The summed E-state index contributed by atoms with van der Waals surface area (Å²) in [6.45, 7) is 2.38. The molecule has 4 rings (SSSR count). The number of halogens is 1. The van der Waals surface area contributed by atoms with Crippen LogP contribution in [0.5, 0.6) is 0 Å². The van der Waals surface area contributed by atoms with Crippen LogP contribution in [0.15, 0.2) is 54.9 Å². The van der Waals surface area contributed by atoms with Gasteiger partial charge < -0.3 is 9.47 Å². The van der Waals surface area contributed by atoms with Crippen molar-refractivity contribution in [1.82, 2.24) is 14.5 Å². The zero-order valence-electron chi connectivity index (χ0n) is 14.1. The Bertz CT molecular complexity index is 902. The van der Waals surface area contributed by atoms with E-state index in [0.717, 1.165) is 29.4 Å². The SMILES string of the molecule is CC(c1ccccn1)N(C(=O)Cn1ccc2ccc(Cl)cc21)C1CC1. The van der Waals surface area contributed by atoms with E-state index in [1.165, 1.54) is 0 Å². The van der Waals surface area contributed by atoms with Crippen molar-refractivity contribution < 1.29 is 4.79 Å². The molecule has 0 N–H and O–H groups in total. The van der Waals surface area contributed by atoms with E-state index in [1.54, 1.807) is 6.20 Å². The minimum Gasteiger partial charge on any atom is -0.338 e. The Hall–Kier alpha value is -2.33. The molecule has 1 aromatic carbocycles. The van der Waals surface area contributed by atoms with Gasteiger partial charge in [0.25, 0.3) is 0 Å². The van der Waals surface area contributed by atoms with E-state index in [1.807, 2.05) is 58.1 Å². The number of pyridine rings is 1. The van der Waals surface area contributed by atoms with Gasteiger partial charge in [-0.3, -0.25) is 9.78 Å². The van der Waals surface area contributed by atoms with Crippen LogP contribution in [0.4, 0.5) is 0 Å². The molecule has 0 saturated heterocycles. The number of benzene rings is 1. The molecule has 1 aliphatic rings. The van der Waals surface area contributed by atoms with Crippen LogP contribution < -0.4 is 0 Å². The number of hydrogen-bond acceptors (Lipinski definition) is 2. The smallest absolute Gasteiger partial charge is 0.243 e. The van der Waals surface area contributed by atoms with Crippen molar-refractivity contribution in [3.8, 4) is 0 Å². The van der Waals surface area contributed by atoms with E-state index in [2.05, 4.69) is 11.9 Å². The van der Waals surface area contributed by atoms with Crippen LogP contribution in [0, 0.1) is 0 Å².